The second-order valence-electron chi connectivity index (χ2n) is 5.17. The summed E-state index contributed by atoms with van der Waals surface area (Å²) >= 11 is 0. The van der Waals surface area contributed by atoms with E-state index in [4.69, 9.17) is 0 Å². The number of benzene rings is 1. The minimum absolute atomic E-state index is 0.206. The fourth-order valence-corrected chi connectivity index (χ4v) is 3.20. The molecule has 4 rings (SSSR count). The summed E-state index contributed by atoms with van der Waals surface area (Å²) in [5.41, 5.74) is 4.50. The molecule has 0 spiro atoms. The Morgan fingerprint density at radius 2 is 2.00 bits per heavy atom. The first-order valence-corrected chi connectivity index (χ1v) is 6.40. The molecule has 0 amide bonds. The van der Waals surface area contributed by atoms with Crippen LogP contribution in [-0.4, -0.2) is 16.2 Å². The zero-order valence-electron chi connectivity index (χ0n) is 9.91. The smallest absolute Gasteiger partial charge is 0.123 e. The summed E-state index contributed by atoms with van der Waals surface area (Å²) in [6.45, 7) is 0. The molecule has 2 aromatic rings. The number of hydrogen-bond donors (Lipinski definition) is 2. The fraction of sp³-hybridized carbons (Fsp3) is 0.357. The molecule has 1 aromatic heterocycles. The highest BCUT2D eigenvalue weighted by Gasteiger charge is 2.35. The second-order valence-corrected chi connectivity index (χ2v) is 5.17. The molecule has 0 saturated carbocycles. The van der Waals surface area contributed by atoms with E-state index < -0.39 is 0 Å². The molecular formula is C14H14FN3. The van der Waals surface area contributed by atoms with Gasteiger partial charge in [-0.05, 0) is 37.1 Å². The number of H-pyrrole nitrogens is 1. The highest BCUT2D eigenvalue weighted by atomic mass is 19.1. The van der Waals surface area contributed by atoms with Crippen molar-refractivity contribution in [1.82, 2.24) is 15.5 Å². The lowest BCUT2D eigenvalue weighted by atomic mass is 9.96. The lowest BCUT2D eigenvalue weighted by Gasteiger charge is -2.21. The summed E-state index contributed by atoms with van der Waals surface area (Å²) in [6, 6.07) is 7.59. The van der Waals surface area contributed by atoms with Crippen LogP contribution in [0.3, 0.4) is 0 Å². The minimum Gasteiger partial charge on any atom is -0.307 e. The number of aromatic amines is 1. The highest BCUT2D eigenvalue weighted by Crippen LogP contribution is 2.39. The third kappa shape index (κ3) is 1.42. The third-order valence-corrected chi connectivity index (χ3v) is 4.04. The van der Waals surface area contributed by atoms with Gasteiger partial charge in [0.15, 0.2) is 0 Å². The van der Waals surface area contributed by atoms with E-state index in [1.165, 1.54) is 36.2 Å². The molecule has 1 fully saturated rings. The van der Waals surface area contributed by atoms with Crippen molar-refractivity contribution in [3.05, 3.63) is 41.3 Å². The number of rotatable bonds is 1. The maximum atomic E-state index is 13.0. The largest absolute Gasteiger partial charge is 0.307 e. The molecule has 0 aliphatic carbocycles. The molecule has 1 saturated heterocycles. The first-order valence-electron chi connectivity index (χ1n) is 6.40. The number of aromatic nitrogens is 2. The van der Waals surface area contributed by atoms with E-state index >= 15 is 0 Å². The Hall–Kier alpha value is -1.68. The number of hydrogen-bond acceptors (Lipinski definition) is 2. The minimum atomic E-state index is -0.206. The van der Waals surface area contributed by atoms with Gasteiger partial charge in [-0.15, -0.1) is 0 Å². The van der Waals surface area contributed by atoms with Crippen LogP contribution in [0.5, 0.6) is 0 Å². The summed E-state index contributed by atoms with van der Waals surface area (Å²) in [7, 11) is 0. The zero-order valence-corrected chi connectivity index (χ0v) is 9.91. The third-order valence-electron chi connectivity index (χ3n) is 4.04. The quantitative estimate of drug-likeness (QED) is 0.808. The molecule has 2 unspecified atom stereocenters. The SMILES string of the molecule is Fc1ccc(-c2n[nH]c3c2C2CCC(C3)N2)cc1. The predicted octanol–water partition coefficient (Wildman–Crippen LogP) is 2.56. The van der Waals surface area contributed by atoms with E-state index in [-0.39, 0.29) is 5.82 Å². The van der Waals surface area contributed by atoms with Crippen molar-refractivity contribution in [2.75, 3.05) is 0 Å². The standard InChI is InChI=1S/C14H14FN3/c15-9-3-1-8(2-4-9)14-13-11-6-5-10(16-11)7-12(13)17-18-14/h1-4,10-11,16H,5-7H2,(H,17,18). The molecule has 2 aliphatic rings. The van der Waals surface area contributed by atoms with Gasteiger partial charge >= 0.3 is 0 Å². The Morgan fingerprint density at radius 3 is 2.83 bits per heavy atom. The zero-order chi connectivity index (χ0) is 12.1. The number of nitrogens with one attached hydrogen (secondary N) is 2. The lowest BCUT2D eigenvalue weighted by molar-refractivity contribution is 0.511. The van der Waals surface area contributed by atoms with E-state index in [1.807, 2.05) is 0 Å². The number of fused-ring (bicyclic) bond motifs is 4. The summed E-state index contributed by atoms with van der Waals surface area (Å²) in [6.07, 6.45) is 3.43. The molecule has 2 aliphatic heterocycles. The van der Waals surface area contributed by atoms with Gasteiger partial charge in [0.1, 0.15) is 5.82 Å². The summed E-state index contributed by atoms with van der Waals surface area (Å²) in [5.74, 6) is -0.206. The van der Waals surface area contributed by atoms with Crippen LogP contribution in [-0.2, 0) is 6.42 Å². The first kappa shape index (κ1) is 10.3. The van der Waals surface area contributed by atoms with Gasteiger partial charge in [-0.2, -0.15) is 5.10 Å². The Kier molecular flexibility index (Phi) is 2.08. The average Bonchev–Trinajstić information content (AvgIpc) is 2.96. The first-order chi connectivity index (χ1) is 8.81. The van der Waals surface area contributed by atoms with Crippen molar-refractivity contribution in [1.29, 1.82) is 0 Å². The molecule has 92 valence electrons. The van der Waals surface area contributed by atoms with Crippen LogP contribution < -0.4 is 5.32 Å². The highest BCUT2D eigenvalue weighted by molar-refractivity contribution is 5.65. The second kappa shape index (κ2) is 3.65. The predicted molar refractivity (Wildman–Crippen MR) is 66.6 cm³/mol. The van der Waals surface area contributed by atoms with Gasteiger partial charge in [-0.25, -0.2) is 4.39 Å². The van der Waals surface area contributed by atoms with Crippen molar-refractivity contribution in [3.8, 4) is 11.3 Å². The molecule has 2 atom stereocenters. The Morgan fingerprint density at radius 1 is 1.17 bits per heavy atom. The van der Waals surface area contributed by atoms with E-state index in [9.17, 15) is 4.39 Å². The molecule has 18 heavy (non-hydrogen) atoms. The molecule has 1 aromatic carbocycles. The fourth-order valence-electron chi connectivity index (χ4n) is 3.20. The summed E-state index contributed by atoms with van der Waals surface area (Å²) in [5, 5.41) is 11.2. The summed E-state index contributed by atoms with van der Waals surface area (Å²) < 4.78 is 13.0. The van der Waals surface area contributed by atoms with Gasteiger partial charge in [-0.3, -0.25) is 5.10 Å². The Balaban J connectivity index is 1.83. The van der Waals surface area contributed by atoms with Gasteiger partial charge in [0.25, 0.3) is 0 Å². The van der Waals surface area contributed by atoms with E-state index in [2.05, 4.69) is 15.5 Å². The van der Waals surface area contributed by atoms with Crippen molar-refractivity contribution < 1.29 is 4.39 Å². The number of halogens is 1. The Labute approximate surface area is 104 Å². The molecule has 0 radical (unpaired) electrons. The van der Waals surface area contributed by atoms with E-state index in [1.54, 1.807) is 12.1 Å². The van der Waals surface area contributed by atoms with E-state index in [0.717, 1.165) is 17.7 Å². The molecular weight excluding hydrogens is 229 g/mol. The lowest BCUT2D eigenvalue weighted by Crippen LogP contribution is -2.31. The summed E-state index contributed by atoms with van der Waals surface area (Å²) in [4.78, 5) is 0. The van der Waals surface area contributed by atoms with Crippen molar-refractivity contribution in [2.24, 2.45) is 0 Å². The normalized spacial score (nSPS) is 25.2. The average molecular weight is 243 g/mol. The van der Waals surface area contributed by atoms with Crippen LogP contribution in [0.25, 0.3) is 11.3 Å². The van der Waals surface area contributed by atoms with E-state index in [0.29, 0.717) is 12.1 Å². The number of nitrogens with zero attached hydrogens (tertiary/aromatic N) is 1. The monoisotopic (exact) mass is 243 g/mol. The van der Waals surface area contributed by atoms with Crippen LogP contribution in [0.1, 0.15) is 30.1 Å². The Bertz CT molecular complexity index is 588. The van der Waals surface area contributed by atoms with Gasteiger partial charge in [-0.1, -0.05) is 0 Å². The molecule has 4 heteroatoms. The van der Waals surface area contributed by atoms with Crippen LogP contribution in [0.15, 0.2) is 24.3 Å². The van der Waals surface area contributed by atoms with Crippen molar-refractivity contribution in [3.63, 3.8) is 0 Å². The maximum Gasteiger partial charge on any atom is 0.123 e. The van der Waals surface area contributed by atoms with Crippen LogP contribution in [0.2, 0.25) is 0 Å². The van der Waals surface area contributed by atoms with Crippen LogP contribution >= 0.6 is 0 Å². The van der Waals surface area contributed by atoms with Crippen LogP contribution in [0.4, 0.5) is 4.39 Å². The molecule has 2 N–H and O–H groups in total. The van der Waals surface area contributed by atoms with Crippen molar-refractivity contribution >= 4 is 0 Å². The molecule has 3 nitrogen and oxygen atoms in total. The topological polar surface area (TPSA) is 40.7 Å². The molecule has 2 bridgehead atoms. The molecule has 3 heterocycles. The maximum absolute atomic E-state index is 13.0. The van der Waals surface area contributed by atoms with Crippen molar-refractivity contribution in [2.45, 2.75) is 31.3 Å². The van der Waals surface area contributed by atoms with Gasteiger partial charge < -0.3 is 5.32 Å². The van der Waals surface area contributed by atoms with Gasteiger partial charge in [0, 0.05) is 35.3 Å². The van der Waals surface area contributed by atoms with Gasteiger partial charge in [0.2, 0.25) is 0 Å². The van der Waals surface area contributed by atoms with Gasteiger partial charge in [0.05, 0.1) is 5.69 Å². The van der Waals surface area contributed by atoms with Crippen LogP contribution in [0, 0.1) is 5.82 Å².